The van der Waals surface area contributed by atoms with Gasteiger partial charge in [0.15, 0.2) is 11.6 Å². The zero-order valence-corrected chi connectivity index (χ0v) is 11.7. The molecule has 0 aliphatic heterocycles. The minimum atomic E-state index is 0.0643. The van der Waals surface area contributed by atoms with Crippen LogP contribution in [0.4, 0.5) is 11.5 Å². The Bertz CT molecular complexity index is 811. The number of azo groups is 1. The normalized spacial score (nSPS) is 11.5. The van der Waals surface area contributed by atoms with E-state index in [0.29, 0.717) is 21.1 Å². The number of benzene rings is 2. The summed E-state index contributed by atoms with van der Waals surface area (Å²) in [4.78, 5) is 2.99. The number of H-pyrrole nitrogens is 1. The van der Waals surface area contributed by atoms with E-state index in [1.807, 2.05) is 18.2 Å². The number of halogens is 2. The molecule has 0 radical (unpaired) electrons. The van der Waals surface area contributed by atoms with E-state index in [2.05, 4.69) is 15.2 Å². The minimum absolute atomic E-state index is 0.0643. The van der Waals surface area contributed by atoms with Gasteiger partial charge in [0.2, 0.25) is 0 Å². The number of hydrogen-bond acceptors (Lipinski definition) is 3. The van der Waals surface area contributed by atoms with Crippen LogP contribution in [0.3, 0.4) is 0 Å². The quantitative estimate of drug-likeness (QED) is 0.595. The van der Waals surface area contributed by atoms with E-state index in [-0.39, 0.29) is 11.6 Å². The lowest BCUT2D eigenvalue weighted by Gasteiger charge is -1.96. The van der Waals surface area contributed by atoms with Crippen LogP contribution in [0.15, 0.2) is 52.7 Å². The van der Waals surface area contributed by atoms with E-state index in [0.717, 1.165) is 5.52 Å². The number of nitrogens with zero attached hydrogens (tertiary/aromatic N) is 2. The van der Waals surface area contributed by atoms with Gasteiger partial charge in [-0.1, -0.05) is 35.3 Å². The lowest BCUT2D eigenvalue weighted by Crippen LogP contribution is -1.69. The Morgan fingerprint density at radius 1 is 1.00 bits per heavy atom. The number of aromatic hydroxyl groups is 1. The molecule has 0 aliphatic rings. The first-order valence-electron chi connectivity index (χ1n) is 5.81. The van der Waals surface area contributed by atoms with Crippen molar-refractivity contribution in [1.82, 2.24) is 4.98 Å². The molecule has 1 aromatic heterocycles. The second-order valence-corrected chi connectivity index (χ2v) is 5.01. The monoisotopic (exact) mass is 305 g/mol. The van der Waals surface area contributed by atoms with Crippen molar-refractivity contribution in [3.63, 3.8) is 0 Å². The maximum Gasteiger partial charge on any atom is 0.196 e. The highest BCUT2D eigenvalue weighted by atomic mass is 35.5. The molecule has 4 nitrogen and oxygen atoms in total. The number of hydrogen-bond donors (Lipinski definition) is 2. The van der Waals surface area contributed by atoms with Crippen molar-refractivity contribution < 1.29 is 5.11 Å². The van der Waals surface area contributed by atoms with Crippen molar-refractivity contribution >= 4 is 45.6 Å². The first-order valence-corrected chi connectivity index (χ1v) is 6.57. The highest BCUT2D eigenvalue weighted by molar-refractivity contribution is 6.36. The molecule has 0 unspecified atom stereocenters. The standard InChI is InChI=1S/C14H9Cl2N3O/c15-8-5-6-12(10(16)7-8)18-19-14-13(20)9-3-1-2-4-11(9)17-14/h1-7,17,20H. The van der Waals surface area contributed by atoms with Gasteiger partial charge >= 0.3 is 0 Å². The van der Waals surface area contributed by atoms with Gasteiger partial charge in [-0.2, -0.15) is 0 Å². The lowest BCUT2D eigenvalue weighted by atomic mass is 10.2. The summed E-state index contributed by atoms with van der Waals surface area (Å²) in [6, 6.07) is 12.3. The molecule has 0 saturated heterocycles. The Morgan fingerprint density at radius 3 is 2.55 bits per heavy atom. The number of aromatic amines is 1. The molecule has 2 N–H and O–H groups in total. The van der Waals surface area contributed by atoms with E-state index in [1.54, 1.807) is 24.3 Å². The minimum Gasteiger partial charge on any atom is -0.504 e. The third kappa shape index (κ3) is 2.35. The molecule has 0 saturated carbocycles. The van der Waals surface area contributed by atoms with Crippen LogP contribution in [-0.4, -0.2) is 10.1 Å². The lowest BCUT2D eigenvalue weighted by molar-refractivity contribution is 0.482. The van der Waals surface area contributed by atoms with Gasteiger partial charge in [-0.05, 0) is 30.3 Å². The van der Waals surface area contributed by atoms with Crippen LogP contribution >= 0.6 is 23.2 Å². The van der Waals surface area contributed by atoms with Crippen LogP contribution < -0.4 is 0 Å². The average Bonchev–Trinajstić information content (AvgIpc) is 2.75. The summed E-state index contributed by atoms with van der Waals surface area (Å²) in [5, 5.41) is 19.7. The van der Waals surface area contributed by atoms with Gasteiger partial charge in [-0.15, -0.1) is 10.2 Å². The van der Waals surface area contributed by atoms with Crippen molar-refractivity contribution in [2.45, 2.75) is 0 Å². The molecule has 3 rings (SSSR count). The van der Waals surface area contributed by atoms with E-state index in [1.165, 1.54) is 0 Å². The fourth-order valence-corrected chi connectivity index (χ4v) is 2.30. The predicted molar refractivity (Wildman–Crippen MR) is 80.6 cm³/mol. The van der Waals surface area contributed by atoms with Gasteiger partial charge in [0.25, 0.3) is 0 Å². The number of fused-ring (bicyclic) bond motifs is 1. The van der Waals surface area contributed by atoms with Crippen LogP contribution in [0.5, 0.6) is 5.75 Å². The van der Waals surface area contributed by atoms with Gasteiger partial charge < -0.3 is 10.1 Å². The van der Waals surface area contributed by atoms with E-state index >= 15 is 0 Å². The van der Waals surface area contributed by atoms with Gasteiger partial charge in [-0.25, -0.2) is 0 Å². The van der Waals surface area contributed by atoms with Crippen LogP contribution in [0.2, 0.25) is 10.0 Å². The fraction of sp³-hybridized carbons (Fsp3) is 0. The summed E-state index contributed by atoms with van der Waals surface area (Å²) in [6.07, 6.45) is 0. The smallest absolute Gasteiger partial charge is 0.196 e. The van der Waals surface area contributed by atoms with Crippen LogP contribution in [0.1, 0.15) is 0 Å². The Balaban J connectivity index is 2.00. The van der Waals surface area contributed by atoms with Gasteiger partial charge in [0, 0.05) is 10.4 Å². The first kappa shape index (κ1) is 13.0. The van der Waals surface area contributed by atoms with Crippen LogP contribution in [0.25, 0.3) is 10.9 Å². The van der Waals surface area contributed by atoms with Crippen molar-refractivity contribution in [3.05, 3.63) is 52.5 Å². The molecule has 6 heteroatoms. The van der Waals surface area contributed by atoms with Gasteiger partial charge in [-0.3, -0.25) is 0 Å². The number of para-hydroxylation sites is 1. The predicted octanol–water partition coefficient (Wildman–Crippen LogP) is 5.60. The van der Waals surface area contributed by atoms with Crippen LogP contribution in [-0.2, 0) is 0 Å². The highest BCUT2D eigenvalue weighted by Crippen LogP contribution is 2.36. The molecular formula is C14H9Cl2N3O. The van der Waals surface area contributed by atoms with Crippen LogP contribution in [0, 0.1) is 0 Å². The molecule has 3 aromatic rings. The molecule has 20 heavy (non-hydrogen) atoms. The largest absolute Gasteiger partial charge is 0.504 e. The molecular weight excluding hydrogens is 297 g/mol. The summed E-state index contributed by atoms with van der Waals surface area (Å²) in [6.45, 7) is 0. The second-order valence-electron chi connectivity index (χ2n) is 4.16. The van der Waals surface area contributed by atoms with Crippen molar-refractivity contribution in [3.8, 4) is 5.75 Å². The molecule has 0 spiro atoms. The van der Waals surface area contributed by atoms with Crippen molar-refractivity contribution in [2.75, 3.05) is 0 Å². The molecule has 0 amide bonds. The zero-order valence-electron chi connectivity index (χ0n) is 10.1. The maximum atomic E-state index is 10.0. The van der Waals surface area contributed by atoms with Crippen molar-refractivity contribution in [1.29, 1.82) is 0 Å². The molecule has 0 aliphatic carbocycles. The summed E-state index contributed by atoms with van der Waals surface area (Å²) < 4.78 is 0. The first-order chi connectivity index (χ1) is 9.65. The number of aromatic nitrogens is 1. The second kappa shape index (κ2) is 5.15. The molecule has 0 atom stereocenters. The van der Waals surface area contributed by atoms with E-state index < -0.39 is 0 Å². The summed E-state index contributed by atoms with van der Waals surface area (Å²) in [5.41, 5.74) is 1.27. The Hall–Kier alpha value is -2.04. The van der Waals surface area contributed by atoms with Gasteiger partial charge in [0.1, 0.15) is 5.69 Å². The summed E-state index contributed by atoms with van der Waals surface area (Å²) >= 11 is 11.8. The zero-order chi connectivity index (χ0) is 14.1. The van der Waals surface area contributed by atoms with Crippen molar-refractivity contribution in [2.24, 2.45) is 10.2 Å². The molecule has 2 aromatic carbocycles. The molecule has 0 fully saturated rings. The Morgan fingerprint density at radius 2 is 1.80 bits per heavy atom. The third-order valence-electron chi connectivity index (χ3n) is 2.83. The molecule has 0 bridgehead atoms. The Labute approximate surface area is 124 Å². The van der Waals surface area contributed by atoms with E-state index in [9.17, 15) is 5.11 Å². The maximum absolute atomic E-state index is 10.0. The SMILES string of the molecule is Oc1c(N=Nc2ccc(Cl)cc2Cl)[nH]c2ccccc12. The third-order valence-corrected chi connectivity index (χ3v) is 3.36. The Kier molecular flexibility index (Phi) is 3.34. The number of rotatable bonds is 2. The van der Waals surface area contributed by atoms with E-state index in [4.69, 9.17) is 23.2 Å². The fourth-order valence-electron chi connectivity index (χ4n) is 1.85. The van der Waals surface area contributed by atoms with Gasteiger partial charge in [0.05, 0.1) is 10.5 Å². The molecule has 100 valence electrons. The highest BCUT2D eigenvalue weighted by Gasteiger charge is 2.09. The topological polar surface area (TPSA) is 60.7 Å². The average molecular weight is 306 g/mol. The molecule has 1 heterocycles. The summed E-state index contributed by atoms with van der Waals surface area (Å²) in [7, 11) is 0. The summed E-state index contributed by atoms with van der Waals surface area (Å²) in [5.74, 6) is 0.353. The number of nitrogens with one attached hydrogen (secondary N) is 1.